The van der Waals surface area contributed by atoms with Crippen molar-refractivity contribution in [3.8, 4) is 0 Å². The van der Waals surface area contributed by atoms with Gasteiger partial charge in [-0.1, -0.05) is 6.07 Å². The van der Waals surface area contributed by atoms with Crippen LogP contribution in [0.1, 0.15) is 18.4 Å². The van der Waals surface area contributed by atoms with Crippen LogP contribution in [0.5, 0.6) is 0 Å². The third-order valence-electron chi connectivity index (χ3n) is 5.40. The number of piperidine rings is 1. The van der Waals surface area contributed by atoms with Crippen molar-refractivity contribution in [3.63, 3.8) is 0 Å². The van der Waals surface area contributed by atoms with Crippen molar-refractivity contribution in [2.24, 2.45) is 10.4 Å². The Morgan fingerprint density at radius 1 is 1.21 bits per heavy atom. The maximum absolute atomic E-state index is 13.3. The first-order valence-electron chi connectivity index (χ1n) is 8.62. The molecule has 1 aromatic heterocycles. The second-order valence-electron chi connectivity index (χ2n) is 7.41. The van der Waals surface area contributed by atoms with E-state index in [1.807, 2.05) is 12.3 Å². The lowest BCUT2D eigenvalue weighted by molar-refractivity contribution is -0.0471. The molecule has 2 saturated heterocycles. The zero-order valence-electron chi connectivity index (χ0n) is 14.2. The molecule has 1 spiro atoms. The zero-order valence-corrected chi connectivity index (χ0v) is 14.2. The van der Waals surface area contributed by atoms with Crippen LogP contribution in [-0.2, 0) is 6.54 Å². The highest BCUT2D eigenvalue weighted by Gasteiger charge is 2.43. The summed E-state index contributed by atoms with van der Waals surface area (Å²) in [7, 11) is 2.21. The Labute approximate surface area is 142 Å². The second kappa shape index (κ2) is 6.26. The van der Waals surface area contributed by atoms with E-state index < -0.39 is 0 Å². The molecular weight excluding hydrogens is 305 g/mol. The normalized spacial score (nSPS) is 24.1. The number of aliphatic imine (C=N–C) groups is 1. The van der Waals surface area contributed by atoms with Crippen LogP contribution in [0.25, 0.3) is 0 Å². The fourth-order valence-electron chi connectivity index (χ4n) is 3.94. The van der Waals surface area contributed by atoms with Crippen LogP contribution in [0.2, 0.25) is 0 Å². The van der Waals surface area contributed by atoms with Gasteiger partial charge in [0.25, 0.3) is 0 Å². The summed E-state index contributed by atoms with van der Waals surface area (Å²) in [5.41, 5.74) is 1.78. The Kier molecular flexibility index (Phi) is 4.10. The van der Waals surface area contributed by atoms with E-state index in [4.69, 9.17) is 0 Å². The molecule has 1 aromatic rings. The number of aromatic nitrogens is 1. The Balaban J connectivity index is 1.32. The predicted molar refractivity (Wildman–Crippen MR) is 93.7 cm³/mol. The fourth-order valence-corrected chi connectivity index (χ4v) is 3.94. The summed E-state index contributed by atoms with van der Waals surface area (Å²) < 4.78 is 13.3. The smallest absolute Gasteiger partial charge is 0.157 e. The number of hydrogen-bond donors (Lipinski definition) is 0. The van der Waals surface area contributed by atoms with Gasteiger partial charge in [-0.15, -0.1) is 0 Å². The van der Waals surface area contributed by atoms with Gasteiger partial charge in [-0.05, 0) is 50.0 Å². The molecule has 0 radical (unpaired) electrons. The maximum Gasteiger partial charge on any atom is 0.157 e. The molecule has 2 fully saturated rings. The molecule has 5 nitrogen and oxygen atoms in total. The van der Waals surface area contributed by atoms with E-state index in [-0.39, 0.29) is 5.83 Å². The number of allylic oxidation sites excluding steroid dienone is 1. The zero-order chi connectivity index (χ0) is 16.6. The van der Waals surface area contributed by atoms with Gasteiger partial charge >= 0.3 is 0 Å². The molecule has 24 heavy (non-hydrogen) atoms. The number of likely N-dealkylation sites (tertiary alicyclic amines) is 2. The lowest BCUT2D eigenvalue weighted by atomic mass is 9.72. The molecule has 0 saturated carbocycles. The molecule has 0 atom stereocenters. The number of nitrogens with zero attached hydrogens (tertiary/aromatic N) is 5. The largest absolute Gasteiger partial charge is 0.310 e. The van der Waals surface area contributed by atoms with Crippen molar-refractivity contribution < 1.29 is 4.39 Å². The summed E-state index contributed by atoms with van der Waals surface area (Å²) in [4.78, 5) is 15.1. The standard InChI is InChI=1S/C18H24FN5/c1-22-6-4-18(5-7-22)12-23(13-18)10-15-2-3-17(21-8-15)24-11-16(19)9-20-14-24/h2-3,8-9,11H,4-7,10,12-14H2,1H3. The average molecular weight is 329 g/mol. The van der Waals surface area contributed by atoms with Gasteiger partial charge in [0.05, 0.1) is 6.21 Å². The first-order chi connectivity index (χ1) is 11.6. The van der Waals surface area contributed by atoms with Crippen LogP contribution in [0.3, 0.4) is 0 Å². The molecule has 6 heteroatoms. The topological polar surface area (TPSA) is 35.0 Å². The summed E-state index contributed by atoms with van der Waals surface area (Å²) in [6.07, 6.45) is 7.23. The molecule has 0 aromatic carbocycles. The first-order valence-corrected chi connectivity index (χ1v) is 8.62. The summed E-state index contributed by atoms with van der Waals surface area (Å²) in [6, 6.07) is 4.04. The van der Waals surface area contributed by atoms with E-state index in [2.05, 4.69) is 32.9 Å². The number of anilines is 1. The highest BCUT2D eigenvalue weighted by atomic mass is 19.1. The van der Waals surface area contributed by atoms with Gasteiger partial charge in [-0.25, -0.2) is 9.37 Å². The molecule has 0 aliphatic carbocycles. The van der Waals surface area contributed by atoms with E-state index >= 15 is 0 Å². The van der Waals surface area contributed by atoms with E-state index in [1.54, 1.807) is 4.90 Å². The minimum absolute atomic E-state index is 0.337. The van der Waals surface area contributed by atoms with Gasteiger partial charge in [-0.2, -0.15) is 0 Å². The van der Waals surface area contributed by atoms with E-state index in [9.17, 15) is 4.39 Å². The lowest BCUT2D eigenvalue weighted by Gasteiger charge is -2.54. The van der Waals surface area contributed by atoms with Crippen LogP contribution in [0.15, 0.2) is 35.3 Å². The Morgan fingerprint density at radius 3 is 2.67 bits per heavy atom. The van der Waals surface area contributed by atoms with Gasteiger partial charge in [0.2, 0.25) is 0 Å². The van der Waals surface area contributed by atoms with Crippen LogP contribution in [0, 0.1) is 5.41 Å². The van der Waals surface area contributed by atoms with Crippen LogP contribution in [0.4, 0.5) is 10.2 Å². The molecule has 0 bridgehead atoms. The van der Waals surface area contributed by atoms with E-state index in [0.29, 0.717) is 12.1 Å². The molecule has 0 N–H and O–H groups in total. The quantitative estimate of drug-likeness (QED) is 0.852. The van der Waals surface area contributed by atoms with Crippen molar-refractivity contribution in [1.29, 1.82) is 0 Å². The highest BCUT2D eigenvalue weighted by molar-refractivity contribution is 5.77. The van der Waals surface area contributed by atoms with Crippen molar-refractivity contribution in [3.05, 3.63) is 35.9 Å². The van der Waals surface area contributed by atoms with Gasteiger partial charge in [0.15, 0.2) is 5.83 Å². The van der Waals surface area contributed by atoms with Crippen molar-refractivity contribution in [1.82, 2.24) is 14.8 Å². The highest BCUT2D eigenvalue weighted by Crippen LogP contribution is 2.40. The molecule has 3 aliphatic heterocycles. The van der Waals surface area contributed by atoms with E-state index in [1.165, 1.54) is 57.0 Å². The Morgan fingerprint density at radius 2 is 2.00 bits per heavy atom. The van der Waals surface area contributed by atoms with Crippen molar-refractivity contribution >= 4 is 12.0 Å². The predicted octanol–water partition coefficient (Wildman–Crippen LogP) is 2.27. The Hall–Kier alpha value is -1.79. The summed E-state index contributed by atoms with van der Waals surface area (Å²) >= 11 is 0. The summed E-state index contributed by atoms with van der Waals surface area (Å²) in [5.74, 6) is 0.400. The summed E-state index contributed by atoms with van der Waals surface area (Å²) in [6.45, 7) is 6.24. The third kappa shape index (κ3) is 3.21. The molecule has 4 heterocycles. The lowest BCUT2D eigenvalue weighted by Crippen LogP contribution is -2.59. The third-order valence-corrected chi connectivity index (χ3v) is 5.40. The number of rotatable bonds is 3. The van der Waals surface area contributed by atoms with Gasteiger partial charge in [-0.3, -0.25) is 9.89 Å². The number of halogens is 1. The average Bonchev–Trinajstić information content (AvgIpc) is 2.56. The second-order valence-corrected chi connectivity index (χ2v) is 7.41. The van der Waals surface area contributed by atoms with E-state index in [0.717, 1.165) is 12.4 Å². The van der Waals surface area contributed by atoms with Crippen LogP contribution < -0.4 is 4.90 Å². The van der Waals surface area contributed by atoms with Crippen molar-refractivity contribution in [2.75, 3.05) is 44.8 Å². The number of hydrogen-bond acceptors (Lipinski definition) is 5. The van der Waals surface area contributed by atoms with Crippen LogP contribution in [-0.4, -0.2) is 60.9 Å². The minimum atomic E-state index is -0.337. The first kappa shape index (κ1) is 15.7. The van der Waals surface area contributed by atoms with Gasteiger partial charge in [0.1, 0.15) is 12.5 Å². The molecule has 128 valence electrons. The molecular formula is C18H24FN5. The summed E-state index contributed by atoms with van der Waals surface area (Å²) in [5, 5.41) is 0. The minimum Gasteiger partial charge on any atom is -0.310 e. The molecule has 0 amide bonds. The SMILES string of the molecule is CN1CCC2(CC1)CN(Cc1ccc(N3C=C(F)C=NC3)nc1)C2. The van der Waals surface area contributed by atoms with Crippen molar-refractivity contribution in [2.45, 2.75) is 19.4 Å². The molecule has 0 unspecified atom stereocenters. The van der Waals surface area contributed by atoms with Crippen LogP contribution >= 0.6 is 0 Å². The van der Waals surface area contributed by atoms with Gasteiger partial charge in [0, 0.05) is 32.0 Å². The molecule has 3 aliphatic rings. The number of pyridine rings is 1. The molecule has 4 rings (SSSR count). The Bertz CT molecular complexity index is 638. The van der Waals surface area contributed by atoms with Gasteiger partial charge < -0.3 is 9.80 Å². The maximum atomic E-state index is 13.3. The monoisotopic (exact) mass is 329 g/mol. The fraction of sp³-hybridized carbons (Fsp3) is 0.556.